The lowest BCUT2D eigenvalue weighted by atomic mass is 10.2. The van der Waals surface area contributed by atoms with E-state index in [1.807, 2.05) is 0 Å². The molecular formula is C5H9OSi. The SMILES string of the molecule is [Si]C1CCCCO1. The number of hydrogen-bond acceptors (Lipinski definition) is 1. The molecule has 1 nitrogen and oxygen atoms in total. The lowest BCUT2D eigenvalue weighted by molar-refractivity contribution is 0.0675. The zero-order chi connectivity index (χ0) is 5.11. The Kier molecular flexibility index (Phi) is 1.88. The van der Waals surface area contributed by atoms with E-state index in [1.165, 1.54) is 19.3 Å². The normalized spacial score (nSPS) is 33.0. The Morgan fingerprint density at radius 3 is 2.57 bits per heavy atom. The van der Waals surface area contributed by atoms with E-state index in [4.69, 9.17) is 4.74 Å². The average Bonchev–Trinajstić information content (AvgIpc) is 1.69. The summed E-state index contributed by atoms with van der Waals surface area (Å²) in [6.45, 7) is 0.939. The molecule has 0 saturated carbocycles. The molecule has 7 heavy (non-hydrogen) atoms. The molecule has 0 amide bonds. The third-order valence-corrected chi connectivity index (χ3v) is 1.64. The summed E-state index contributed by atoms with van der Waals surface area (Å²) in [6.07, 6.45) is 3.73. The van der Waals surface area contributed by atoms with Gasteiger partial charge in [-0.05, 0) is 19.3 Å². The van der Waals surface area contributed by atoms with Crippen LogP contribution in [0.3, 0.4) is 0 Å². The monoisotopic (exact) mass is 113 g/mol. The van der Waals surface area contributed by atoms with Crippen LogP contribution in [0.5, 0.6) is 0 Å². The highest BCUT2D eigenvalue weighted by molar-refractivity contribution is 6.10. The van der Waals surface area contributed by atoms with Crippen LogP contribution >= 0.6 is 0 Å². The van der Waals surface area contributed by atoms with Crippen LogP contribution < -0.4 is 0 Å². The maximum atomic E-state index is 5.19. The largest absolute Gasteiger partial charge is 0.382 e. The maximum Gasteiger partial charge on any atom is 0.0657 e. The van der Waals surface area contributed by atoms with E-state index in [0.29, 0.717) is 5.73 Å². The lowest BCUT2D eigenvalue weighted by Crippen LogP contribution is -2.18. The molecule has 1 atom stereocenters. The molecule has 1 saturated heterocycles. The Morgan fingerprint density at radius 2 is 2.29 bits per heavy atom. The third-order valence-electron chi connectivity index (χ3n) is 1.18. The molecule has 1 heterocycles. The summed E-state index contributed by atoms with van der Waals surface area (Å²) in [4.78, 5) is 0. The van der Waals surface area contributed by atoms with Crippen molar-refractivity contribution in [3.05, 3.63) is 0 Å². The van der Waals surface area contributed by atoms with Crippen LogP contribution in [0, 0.1) is 0 Å². The van der Waals surface area contributed by atoms with Gasteiger partial charge in [0.25, 0.3) is 0 Å². The molecule has 0 aromatic carbocycles. The number of hydrogen-bond donors (Lipinski definition) is 0. The van der Waals surface area contributed by atoms with Crippen molar-refractivity contribution >= 4 is 10.2 Å². The molecule has 0 aromatic rings. The molecule has 0 aromatic heterocycles. The molecule has 2 heteroatoms. The van der Waals surface area contributed by atoms with E-state index in [1.54, 1.807) is 0 Å². The van der Waals surface area contributed by atoms with Gasteiger partial charge in [0.05, 0.1) is 10.2 Å². The molecule has 0 N–H and O–H groups in total. The quantitative estimate of drug-likeness (QED) is 0.420. The highest BCUT2D eigenvalue weighted by atomic mass is 28.1. The second kappa shape index (κ2) is 2.48. The summed E-state index contributed by atoms with van der Waals surface area (Å²) in [5, 5.41) is 0. The van der Waals surface area contributed by atoms with Crippen LogP contribution in [0.2, 0.25) is 0 Å². The molecular weight excluding hydrogens is 104 g/mol. The number of rotatable bonds is 0. The van der Waals surface area contributed by atoms with Gasteiger partial charge in [0.15, 0.2) is 0 Å². The van der Waals surface area contributed by atoms with Crippen molar-refractivity contribution in [1.82, 2.24) is 0 Å². The van der Waals surface area contributed by atoms with Crippen LogP contribution in [0.4, 0.5) is 0 Å². The van der Waals surface area contributed by atoms with Crippen LogP contribution in [-0.4, -0.2) is 22.6 Å². The van der Waals surface area contributed by atoms with Gasteiger partial charge >= 0.3 is 0 Å². The minimum Gasteiger partial charge on any atom is -0.382 e. The maximum absolute atomic E-state index is 5.19. The molecule has 1 rings (SSSR count). The lowest BCUT2D eigenvalue weighted by Gasteiger charge is -2.17. The summed E-state index contributed by atoms with van der Waals surface area (Å²) in [5.74, 6) is 0. The second-order valence-corrected chi connectivity index (χ2v) is 2.50. The van der Waals surface area contributed by atoms with Crippen molar-refractivity contribution in [2.24, 2.45) is 0 Å². The summed E-state index contributed by atoms with van der Waals surface area (Å²) in [7, 11) is 3.41. The third kappa shape index (κ3) is 1.61. The van der Waals surface area contributed by atoms with Gasteiger partial charge in [-0.2, -0.15) is 0 Å². The van der Waals surface area contributed by atoms with E-state index in [0.717, 1.165) is 6.61 Å². The fraction of sp³-hybridized carbons (Fsp3) is 1.00. The summed E-state index contributed by atoms with van der Waals surface area (Å²) < 4.78 is 5.19. The minimum absolute atomic E-state index is 0.341. The van der Waals surface area contributed by atoms with Crippen molar-refractivity contribution in [2.75, 3.05) is 6.61 Å². The average molecular weight is 113 g/mol. The highest BCUT2D eigenvalue weighted by Gasteiger charge is 2.06. The fourth-order valence-corrected chi connectivity index (χ4v) is 1.06. The zero-order valence-corrected chi connectivity index (χ0v) is 5.31. The van der Waals surface area contributed by atoms with Crippen molar-refractivity contribution < 1.29 is 4.74 Å². The van der Waals surface area contributed by atoms with E-state index in [9.17, 15) is 0 Å². The van der Waals surface area contributed by atoms with Gasteiger partial charge in [-0.25, -0.2) is 0 Å². The zero-order valence-electron chi connectivity index (χ0n) is 4.31. The van der Waals surface area contributed by atoms with Crippen LogP contribution in [0.1, 0.15) is 19.3 Å². The van der Waals surface area contributed by atoms with E-state index >= 15 is 0 Å². The Morgan fingerprint density at radius 1 is 1.43 bits per heavy atom. The summed E-state index contributed by atoms with van der Waals surface area (Å²) in [5.41, 5.74) is 0.341. The minimum atomic E-state index is 0.341. The molecule has 0 spiro atoms. The van der Waals surface area contributed by atoms with Crippen LogP contribution in [0.25, 0.3) is 0 Å². The summed E-state index contributed by atoms with van der Waals surface area (Å²) in [6, 6.07) is 0. The molecule has 1 aliphatic rings. The van der Waals surface area contributed by atoms with Crippen molar-refractivity contribution in [1.29, 1.82) is 0 Å². The van der Waals surface area contributed by atoms with Crippen molar-refractivity contribution in [3.63, 3.8) is 0 Å². The number of ether oxygens (including phenoxy) is 1. The smallest absolute Gasteiger partial charge is 0.0657 e. The second-order valence-electron chi connectivity index (χ2n) is 1.86. The highest BCUT2D eigenvalue weighted by Crippen LogP contribution is 2.08. The Bertz CT molecular complexity index is 50.0. The molecule has 1 fully saturated rings. The van der Waals surface area contributed by atoms with Crippen molar-refractivity contribution in [2.45, 2.75) is 25.0 Å². The Balaban J connectivity index is 2.12. The van der Waals surface area contributed by atoms with Gasteiger partial charge < -0.3 is 4.74 Å². The first-order valence-corrected chi connectivity index (χ1v) is 3.30. The standard InChI is InChI=1S/C5H9OSi/c7-5-3-1-2-4-6-5/h5H,1-4H2. The van der Waals surface area contributed by atoms with Crippen molar-refractivity contribution in [3.8, 4) is 0 Å². The van der Waals surface area contributed by atoms with Gasteiger partial charge in [0, 0.05) is 12.3 Å². The molecule has 0 aliphatic carbocycles. The van der Waals surface area contributed by atoms with E-state index in [-0.39, 0.29) is 0 Å². The van der Waals surface area contributed by atoms with Gasteiger partial charge in [-0.15, -0.1) is 0 Å². The first-order valence-electron chi connectivity index (χ1n) is 2.72. The summed E-state index contributed by atoms with van der Waals surface area (Å²) >= 11 is 0. The molecule has 1 aliphatic heterocycles. The van der Waals surface area contributed by atoms with Crippen LogP contribution in [-0.2, 0) is 4.74 Å². The predicted octanol–water partition coefficient (Wildman–Crippen LogP) is 0.681. The Hall–Kier alpha value is 0.177. The van der Waals surface area contributed by atoms with Gasteiger partial charge in [0.2, 0.25) is 0 Å². The molecule has 0 bridgehead atoms. The molecule has 3 radical (unpaired) electrons. The van der Waals surface area contributed by atoms with Gasteiger partial charge in [0.1, 0.15) is 0 Å². The van der Waals surface area contributed by atoms with Gasteiger partial charge in [-0.1, -0.05) is 0 Å². The Labute approximate surface area is 47.5 Å². The fourth-order valence-electron chi connectivity index (χ4n) is 0.741. The molecule has 39 valence electrons. The first kappa shape index (κ1) is 5.32. The first-order chi connectivity index (χ1) is 3.39. The molecule has 1 unspecified atom stereocenters. The van der Waals surface area contributed by atoms with Crippen LogP contribution in [0.15, 0.2) is 0 Å². The van der Waals surface area contributed by atoms with E-state index < -0.39 is 0 Å². The topological polar surface area (TPSA) is 9.23 Å². The predicted molar refractivity (Wildman–Crippen MR) is 29.3 cm³/mol. The van der Waals surface area contributed by atoms with E-state index in [2.05, 4.69) is 10.2 Å². The van der Waals surface area contributed by atoms with Gasteiger partial charge in [-0.3, -0.25) is 0 Å².